The SMILES string of the molecule is O=C1N=c2ccccc2=NC1C(F)(F)F. The summed E-state index contributed by atoms with van der Waals surface area (Å²) in [5, 5.41) is 0.280. The van der Waals surface area contributed by atoms with Crippen LogP contribution in [0.15, 0.2) is 34.3 Å². The van der Waals surface area contributed by atoms with Gasteiger partial charge >= 0.3 is 6.18 Å². The van der Waals surface area contributed by atoms with Crippen LogP contribution in [0.2, 0.25) is 0 Å². The lowest BCUT2D eigenvalue weighted by Gasteiger charge is -2.14. The van der Waals surface area contributed by atoms with Gasteiger partial charge in [0.2, 0.25) is 6.04 Å². The van der Waals surface area contributed by atoms with Gasteiger partial charge in [0.15, 0.2) is 0 Å². The fraction of sp³-hybridized carbons (Fsp3) is 0.222. The molecule has 1 heterocycles. The van der Waals surface area contributed by atoms with Gasteiger partial charge in [-0.3, -0.25) is 9.79 Å². The van der Waals surface area contributed by atoms with E-state index in [1.54, 1.807) is 12.1 Å². The van der Waals surface area contributed by atoms with Crippen LogP contribution in [0.4, 0.5) is 13.2 Å². The lowest BCUT2D eigenvalue weighted by Crippen LogP contribution is -2.43. The van der Waals surface area contributed by atoms with Crippen molar-refractivity contribution < 1.29 is 18.0 Å². The van der Waals surface area contributed by atoms with E-state index in [1.165, 1.54) is 12.1 Å². The summed E-state index contributed by atoms with van der Waals surface area (Å²) >= 11 is 0. The lowest BCUT2D eigenvalue weighted by atomic mass is 10.2. The molecule has 1 amide bonds. The topological polar surface area (TPSA) is 41.8 Å². The monoisotopic (exact) mass is 214 g/mol. The molecule has 15 heavy (non-hydrogen) atoms. The van der Waals surface area contributed by atoms with Gasteiger partial charge in [0.1, 0.15) is 0 Å². The van der Waals surface area contributed by atoms with E-state index in [0.29, 0.717) is 0 Å². The molecule has 0 radical (unpaired) electrons. The fourth-order valence-corrected chi connectivity index (χ4v) is 1.26. The van der Waals surface area contributed by atoms with Crippen molar-refractivity contribution >= 4 is 5.91 Å². The van der Waals surface area contributed by atoms with Crippen LogP contribution in [0, 0.1) is 0 Å². The Balaban J connectivity index is 2.62. The van der Waals surface area contributed by atoms with Crippen LogP contribution in [-0.2, 0) is 4.79 Å². The third-order valence-corrected chi connectivity index (χ3v) is 1.92. The predicted octanol–water partition coefficient (Wildman–Crippen LogP) is 0.397. The number of hydrogen-bond donors (Lipinski definition) is 0. The highest BCUT2D eigenvalue weighted by Gasteiger charge is 2.45. The van der Waals surface area contributed by atoms with Crippen LogP contribution < -0.4 is 10.7 Å². The van der Waals surface area contributed by atoms with Gasteiger partial charge < -0.3 is 0 Å². The van der Waals surface area contributed by atoms with Gasteiger partial charge in [-0.2, -0.15) is 13.2 Å². The van der Waals surface area contributed by atoms with Gasteiger partial charge in [0.25, 0.3) is 5.91 Å². The van der Waals surface area contributed by atoms with Crippen LogP contribution in [0.5, 0.6) is 0 Å². The molecular formula is C9H5F3N2O. The highest BCUT2D eigenvalue weighted by Crippen LogP contribution is 2.23. The Labute approximate surface area is 82.0 Å². The van der Waals surface area contributed by atoms with Crippen LogP contribution in [-0.4, -0.2) is 18.1 Å². The molecule has 1 aliphatic rings. The number of benzene rings is 1. The zero-order chi connectivity index (χ0) is 11.1. The Bertz CT molecular complexity index is 521. The van der Waals surface area contributed by atoms with Crippen LogP contribution in [0.25, 0.3) is 0 Å². The molecule has 0 N–H and O–H groups in total. The van der Waals surface area contributed by atoms with Crippen molar-refractivity contribution in [1.82, 2.24) is 0 Å². The van der Waals surface area contributed by atoms with Crippen molar-refractivity contribution in [2.24, 2.45) is 9.98 Å². The molecule has 0 bridgehead atoms. The molecule has 1 atom stereocenters. The zero-order valence-electron chi connectivity index (χ0n) is 7.32. The Morgan fingerprint density at radius 1 is 1.13 bits per heavy atom. The van der Waals surface area contributed by atoms with E-state index in [9.17, 15) is 18.0 Å². The standard InChI is InChI=1S/C9H5F3N2O/c10-9(11,12)7-8(15)14-6-4-2-1-3-5(6)13-7/h1-4,7H. The Kier molecular flexibility index (Phi) is 2.06. The molecule has 3 nitrogen and oxygen atoms in total. The molecule has 0 fully saturated rings. The van der Waals surface area contributed by atoms with E-state index in [0.717, 1.165) is 0 Å². The first-order valence-corrected chi connectivity index (χ1v) is 4.10. The van der Waals surface area contributed by atoms with Crippen molar-refractivity contribution in [3.63, 3.8) is 0 Å². The molecular weight excluding hydrogens is 209 g/mol. The van der Waals surface area contributed by atoms with Crippen molar-refractivity contribution in [2.75, 3.05) is 0 Å². The minimum atomic E-state index is -4.67. The highest BCUT2D eigenvalue weighted by molar-refractivity contribution is 5.84. The average molecular weight is 214 g/mol. The van der Waals surface area contributed by atoms with Crippen LogP contribution in [0.3, 0.4) is 0 Å². The quantitative estimate of drug-likeness (QED) is 0.616. The Morgan fingerprint density at radius 2 is 1.73 bits per heavy atom. The van der Waals surface area contributed by atoms with E-state index in [-0.39, 0.29) is 10.7 Å². The molecule has 0 saturated carbocycles. The fourth-order valence-electron chi connectivity index (χ4n) is 1.26. The van der Waals surface area contributed by atoms with Gasteiger partial charge in [0, 0.05) is 0 Å². The van der Waals surface area contributed by atoms with E-state index >= 15 is 0 Å². The Morgan fingerprint density at radius 3 is 2.33 bits per heavy atom. The summed E-state index contributed by atoms with van der Waals surface area (Å²) in [6, 6.07) is 3.61. The normalized spacial score (nSPS) is 20.2. The molecule has 1 unspecified atom stereocenters. The summed E-state index contributed by atoms with van der Waals surface area (Å²) in [5.41, 5.74) is 0. The number of alkyl halides is 3. The molecule has 78 valence electrons. The summed E-state index contributed by atoms with van der Waals surface area (Å²) in [6.07, 6.45) is -4.67. The van der Waals surface area contributed by atoms with Gasteiger partial charge in [0.05, 0.1) is 10.7 Å². The molecule has 0 spiro atoms. The lowest BCUT2D eigenvalue weighted by molar-refractivity contribution is -0.161. The summed E-state index contributed by atoms with van der Waals surface area (Å²) < 4.78 is 36.9. The van der Waals surface area contributed by atoms with E-state index in [4.69, 9.17) is 0 Å². The van der Waals surface area contributed by atoms with Gasteiger partial charge in [-0.15, -0.1) is 0 Å². The summed E-state index contributed by atoms with van der Waals surface area (Å²) in [7, 11) is 0. The second kappa shape index (κ2) is 3.15. The Hall–Kier alpha value is -1.72. The number of carbonyl (C=O) groups is 1. The number of amides is 1. The molecule has 0 aromatic heterocycles. The van der Waals surface area contributed by atoms with Gasteiger partial charge in [-0.05, 0) is 12.1 Å². The smallest absolute Gasteiger partial charge is 0.270 e. The van der Waals surface area contributed by atoms with E-state index in [1.807, 2.05) is 0 Å². The van der Waals surface area contributed by atoms with Crippen LogP contribution in [0.1, 0.15) is 0 Å². The first-order chi connectivity index (χ1) is 6.98. The number of para-hydroxylation sites is 2. The minimum absolute atomic E-state index is 0.0967. The number of fused-ring (bicyclic) bond motifs is 1. The average Bonchev–Trinajstić information content (AvgIpc) is 2.15. The minimum Gasteiger partial charge on any atom is -0.270 e. The summed E-state index contributed by atoms with van der Waals surface area (Å²) in [5.74, 6) is -1.26. The summed E-state index contributed by atoms with van der Waals surface area (Å²) in [6.45, 7) is 0. The molecule has 1 aromatic carbocycles. The largest absolute Gasteiger partial charge is 0.419 e. The maximum absolute atomic E-state index is 12.3. The second-order valence-electron chi connectivity index (χ2n) is 3.01. The molecule has 6 heteroatoms. The molecule has 0 saturated heterocycles. The van der Waals surface area contributed by atoms with Crippen molar-refractivity contribution in [1.29, 1.82) is 0 Å². The van der Waals surface area contributed by atoms with Gasteiger partial charge in [-0.1, -0.05) is 12.1 Å². The van der Waals surface area contributed by atoms with E-state index in [2.05, 4.69) is 9.98 Å². The van der Waals surface area contributed by atoms with Gasteiger partial charge in [-0.25, -0.2) is 4.99 Å². The van der Waals surface area contributed by atoms with Crippen molar-refractivity contribution in [3.05, 3.63) is 35.0 Å². The number of nitrogens with zero attached hydrogens (tertiary/aromatic N) is 2. The molecule has 1 aliphatic heterocycles. The third kappa shape index (κ3) is 1.74. The third-order valence-electron chi connectivity index (χ3n) is 1.92. The molecule has 0 aliphatic carbocycles. The summed E-state index contributed by atoms with van der Waals surface area (Å²) in [4.78, 5) is 17.7. The number of halogens is 3. The maximum Gasteiger partial charge on any atom is 0.419 e. The first-order valence-electron chi connectivity index (χ1n) is 4.10. The highest BCUT2D eigenvalue weighted by atomic mass is 19.4. The van der Waals surface area contributed by atoms with Crippen LogP contribution >= 0.6 is 0 Å². The van der Waals surface area contributed by atoms with E-state index < -0.39 is 18.1 Å². The van der Waals surface area contributed by atoms with Crippen molar-refractivity contribution in [3.8, 4) is 0 Å². The molecule has 1 aromatic rings. The molecule has 2 rings (SSSR count). The first kappa shape index (κ1) is 9.82. The van der Waals surface area contributed by atoms with Crippen molar-refractivity contribution in [2.45, 2.75) is 12.2 Å². The second-order valence-corrected chi connectivity index (χ2v) is 3.01. The number of carbonyl (C=O) groups excluding carboxylic acids is 1. The maximum atomic E-state index is 12.3. The predicted molar refractivity (Wildman–Crippen MR) is 43.6 cm³/mol. The number of rotatable bonds is 0. The number of hydrogen-bond acceptors (Lipinski definition) is 2. The zero-order valence-corrected chi connectivity index (χ0v) is 7.32.